The average molecular weight is 174 g/mol. The fourth-order valence-electron chi connectivity index (χ4n) is 1.39. The molecule has 0 aliphatic heterocycles. The standard InChI is InChI=1S/C13H18/c1-3-12(2)8-7-11-13-9-5-4-6-10-13/h3-6,9-10,12H,1,7-8,11H2,2H3. The van der Waals surface area contributed by atoms with E-state index in [0.717, 1.165) is 0 Å². The molecule has 1 aromatic rings. The smallest absolute Gasteiger partial charge is 0.0265 e. The first-order valence-corrected chi connectivity index (χ1v) is 4.99. The predicted molar refractivity (Wildman–Crippen MR) is 58.7 cm³/mol. The Kier molecular flexibility index (Phi) is 4.31. The van der Waals surface area contributed by atoms with Gasteiger partial charge >= 0.3 is 0 Å². The fourth-order valence-corrected chi connectivity index (χ4v) is 1.39. The minimum absolute atomic E-state index is 0.656. The molecular formula is C13H18. The van der Waals surface area contributed by atoms with Crippen LogP contribution < -0.4 is 0 Å². The van der Waals surface area contributed by atoms with E-state index in [4.69, 9.17) is 0 Å². The van der Waals surface area contributed by atoms with Crippen molar-refractivity contribution in [2.45, 2.75) is 26.2 Å². The molecule has 0 aliphatic rings. The van der Waals surface area contributed by atoms with Crippen LogP contribution in [-0.4, -0.2) is 0 Å². The molecule has 13 heavy (non-hydrogen) atoms. The fraction of sp³-hybridized carbons (Fsp3) is 0.385. The maximum Gasteiger partial charge on any atom is -0.0265 e. The van der Waals surface area contributed by atoms with E-state index in [-0.39, 0.29) is 0 Å². The lowest BCUT2D eigenvalue weighted by Gasteiger charge is -2.04. The lowest BCUT2D eigenvalue weighted by Crippen LogP contribution is -1.91. The van der Waals surface area contributed by atoms with Crippen LogP contribution in [-0.2, 0) is 6.42 Å². The average Bonchev–Trinajstić information content (AvgIpc) is 2.19. The van der Waals surface area contributed by atoms with Crippen LogP contribution in [0, 0.1) is 5.92 Å². The third kappa shape index (κ3) is 3.93. The molecule has 0 fully saturated rings. The lowest BCUT2D eigenvalue weighted by molar-refractivity contribution is 0.607. The molecule has 1 rings (SSSR count). The molecule has 1 atom stereocenters. The number of allylic oxidation sites excluding steroid dienone is 1. The number of benzene rings is 1. The summed E-state index contributed by atoms with van der Waals surface area (Å²) in [5.41, 5.74) is 1.44. The van der Waals surface area contributed by atoms with Crippen molar-refractivity contribution in [2.24, 2.45) is 5.92 Å². The zero-order valence-corrected chi connectivity index (χ0v) is 8.37. The van der Waals surface area contributed by atoms with E-state index in [9.17, 15) is 0 Å². The van der Waals surface area contributed by atoms with Crippen molar-refractivity contribution >= 4 is 0 Å². The monoisotopic (exact) mass is 174 g/mol. The van der Waals surface area contributed by atoms with Gasteiger partial charge in [0.25, 0.3) is 0 Å². The molecule has 0 amide bonds. The van der Waals surface area contributed by atoms with E-state index in [2.05, 4.69) is 43.8 Å². The molecule has 0 saturated carbocycles. The maximum atomic E-state index is 3.79. The summed E-state index contributed by atoms with van der Waals surface area (Å²) in [7, 11) is 0. The van der Waals surface area contributed by atoms with E-state index in [1.807, 2.05) is 6.08 Å². The van der Waals surface area contributed by atoms with Gasteiger partial charge in [0.05, 0.1) is 0 Å². The first-order chi connectivity index (χ1) is 6.33. The van der Waals surface area contributed by atoms with Crippen molar-refractivity contribution in [3.05, 3.63) is 48.6 Å². The highest BCUT2D eigenvalue weighted by Gasteiger charge is 1.96. The van der Waals surface area contributed by atoms with E-state index < -0.39 is 0 Å². The highest BCUT2D eigenvalue weighted by atomic mass is 14.0. The van der Waals surface area contributed by atoms with Gasteiger partial charge in [-0.3, -0.25) is 0 Å². The second-order valence-electron chi connectivity index (χ2n) is 3.59. The topological polar surface area (TPSA) is 0 Å². The van der Waals surface area contributed by atoms with Gasteiger partial charge in [-0.05, 0) is 30.7 Å². The molecule has 70 valence electrons. The largest absolute Gasteiger partial charge is 0.103 e. The SMILES string of the molecule is C=CC(C)CCCc1ccccc1. The predicted octanol–water partition coefficient (Wildman–Crippen LogP) is 3.83. The van der Waals surface area contributed by atoms with E-state index >= 15 is 0 Å². The molecule has 0 N–H and O–H groups in total. The lowest BCUT2D eigenvalue weighted by atomic mass is 10.0. The molecule has 0 heteroatoms. The first-order valence-electron chi connectivity index (χ1n) is 4.99. The summed E-state index contributed by atoms with van der Waals surface area (Å²) < 4.78 is 0. The number of rotatable bonds is 5. The molecule has 1 aromatic carbocycles. The van der Waals surface area contributed by atoms with Gasteiger partial charge in [0.15, 0.2) is 0 Å². The Morgan fingerprint density at radius 3 is 2.62 bits per heavy atom. The maximum absolute atomic E-state index is 3.79. The molecular weight excluding hydrogens is 156 g/mol. The second-order valence-corrected chi connectivity index (χ2v) is 3.59. The van der Waals surface area contributed by atoms with E-state index in [1.54, 1.807) is 0 Å². The Morgan fingerprint density at radius 1 is 1.31 bits per heavy atom. The van der Waals surface area contributed by atoms with Crippen LogP contribution in [0.15, 0.2) is 43.0 Å². The highest BCUT2D eigenvalue weighted by Crippen LogP contribution is 2.10. The minimum Gasteiger partial charge on any atom is -0.103 e. The van der Waals surface area contributed by atoms with Crippen molar-refractivity contribution in [1.29, 1.82) is 0 Å². The van der Waals surface area contributed by atoms with Gasteiger partial charge in [0.2, 0.25) is 0 Å². The third-order valence-electron chi connectivity index (χ3n) is 2.37. The van der Waals surface area contributed by atoms with Gasteiger partial charge in [0.1, 0.15) is 0 Å². The van der Waals surface area contributed by atoms with Crippen molar-refractivity contribution in [3.8, 4) is 0 Å². The van der Waals surface area contributed by atoms with Crippen LogP contribution in [0.4, 0.5) is 0 Å². The van der Waals surface area contributed by atoms with Crippen LogP contribution in [0.2, 0.25) is 0 Å². The quantitative estimate of drug-likeness (QED) is 0.595. The van der Waals surface area contributed by atoms with Crippen LogP contribution in [0.5, 0.6) is 0 Å². The summed E-state index contributed by atoms with van der Waals surface area (Å²) in [4.78, 5) is 0. The normalized spacial score (nSPS) is 12.4. The molecule has 0 spiro atoms. The Morgan fingerprint density at radius 2 is 2.00 bits per heavy atom. The minimum atomic E-state index is 0.656. The summed E-state index contributed by atoms with van der Waals surface area (Å²) >= 11 is 0. The number of aryl methyl sites for hydroxylation is 1. The van der Waals surface area contributed by atoms with E-state index in [0.29, 0.717) is 5.92 Å². The number of hydrogen-bond donors (Lipinski definition) is 0. The molecule has 0 aliphatic carbocycles. The van der Waals surface area contributed by atoms with Gasteiger partial charge in [-0.15, -0.1) is 6.58 Å². The molecule has 0 aromatic heterocycles. The Labute approximate surface area is 81.3 Å². The summed E-state index contributed by atoms with van der Waals surface area (Å²) in [5, 5.41) is 0. The summed E-state index contributed by atoms with van der Waals surface area (Å²) in [5.74, 6) is 0.656. The molecule has 0 saturated heterocycles. The Hall–Kier alpha value is -1.04. The zero-order chi connectivity index (χ0) is 9.52. The molecule has 1 unspecified atom stereocenters. The van der Waals surface area contributed by atoms with Crippen molar-refractivity contribution in [2.75, 3.05) is 0 Å². The molecule has 0 bridgehead atoms. The van der Waals surface area contributed by atoms with Crippen LogP contribution in [0.3, 0.4) is 0 Å². The van der Waals surface area contributed by atoms with Crippen LogP contribution in [0.25, 0.3) is 0 Å². The molecule has 0 nitrogen and oxygen atoms in total. The second kappa shape index (κ2) is 5.58. The highest BCUT2D eigenvalue weighted by molar-refractivity contribution is 5.14. The van der Waals surface area contributed by atoms with Crippen molar-refractivity contribution < 1.29 is 0 Å². The van der Waals surface area contributed by atoms with Crippen molar-refractivity contribution in [1.82, 2.24) is 0 Å². The zero-order valence-electron chi connectivity index (χ0n) is 8.37. The number of hydrogen-bond acceptors (Lipinski definition) is 0. The van der Waals surface area contributed by atoms with Crippen molar-refractivity contribution in [3.63, 3.8) is 0 Å². The van der Waals surface area contributed by atoms with Gasteiger partial charge in [-0.25, -0.2) is 0 Å². The Bertz CT molecular complexity index is 235. The molecule has 0 heterocycles. The first kappa shape index (κ1) is 10.0. The summed E-state index contributed by atoms with van der Waals surface area (Å²) in [6, 6.07) is 10.7. The summed E-state index contributed by atoms with van der Waals surface area (Å²) in [6.07, 6.45) is 5.74. The van der Waals surface area contributed by atoms with Gasteiger partial charge in [0, 0.05) is 0 Å². The van der Waals surface area contributed by atoms with Crippen LogP contribution >= 0.6 is 0 Å². The van der Waals surface area contributed by atoms with Gasteiger partial charge in [-0.1, -0.05) is 43.3 Å². The van der Waals surface area contributed by atoms with Gasteiger partial charge in [-0.2, -0.15) is 0 Å². The van der Waals surface area contributed by atoms with E-state index in [1.165, 1.54) is 24.8 Å². The van der Waals surface area contributed by atoms with Gasteiger partial charge < -0.3 is 0 Å². The Balaban J connectivity index is 2.24. The van der Waals surface area contributed by atoms with Crippen LogP contribution in [0.1, 0.15) is 25.3 Å². The molecule has 0 radical (unpaired) electrons. The third-order valence-corrected chi connectivity index (χ3v) is 2.37. The summed E-state index contributed by atoms with van der Waals surface area (Å²) in [6.45, 7) is 6.01.